The van der Waals surface area contributed by atoms with Crippen LogP contribution in [0.2, 0.25) is 0 Å². The number of hydrogen-bond donors (Lipinski definition) is 2. The zero-order chi connectivity index (χ0) is 11.7. The topological polar surface area (TPSA) is 32.3 Å². The summed E-state index contributed by atoms with van der Waals surface area (Å²) in [6, 6.07) is 0. The first-order chi connectivity index (χ1) is 7.83. The molecular formula is C14H29NO. The van der Waals surface area contributed by atoms with Crippen molar-refractivity contribution < 1.29 is 5.11 Å². The van der Waals surface area contributed by atoms with Crippen LogP contribution in [-0.4, -0.2) is 24.8 Å². The first-order valence-electron chi connectivity index (χ1n) is 7.14. The van der Waals surface area contributed by atoms with Crippen molar-refractivity contribution in [2.75, 3.05) is 19.7 Å². The Hall–Kier alpha value is -0.0800. The monoisotopic (exact) mass is 227 g/mol. The van der Waals surface area contributed by atoms with Crippen LogP contribution in [0.4, 0.5) is 0 Å². The summed E-state index contributed by atoms with van der Waals surface area (Å²) in [7, 11) is 0. The van der Waals surface area contributed by atoms with Crippen molar-refractivity contribution >= 4 is 0 Å². The van der Waals surface area contributed by atoms with Gasteiger partial charge in [-0.25, -0.2) is 0 Å². The predicted molar refractivity (Wildman–Crippen MR) is 69.6 cm³/mol. The molecule has 0 spiro atoms. The van der Waals surface area contributed by atoms with Gasteiger partial charge < -0.3 is 10.4 Å². The fourth-order valence-corrected chi connectivity index (χ4v) is 2.31. The van der Waals surface area contributed by atoms with Crippen molar-refractivity contribution in [1.29, 1.82) is 0 Å². The highest BCUT2D eigenvalue weighted by molar-refractivity contribution is 4.94. The van der Waals surface area contributed by atoms with Gasteiger partial charge in [0.2, 0.25) is 0 Å². The average molecular weight is 227 g/mol. The predicted octanol–water partition coefficient (Wildman–Crippen LogP) is 3.10. The zero-order valence-corrected chi connectivity index (χ0v) is 10.9. The maximum Gasteiger partial charge on any atom is 0.0436 e. The highest BCUT2D eigenvalue weighted by atomic mass is 16.3. The summed E-state index contributed by atoms with van der Waals surface area (Å²) >= 11 is 0. The van der Waals surface area contributed by atoms with E-state index in [-0.39, 0.29) is 0 Å². The second-order valence-corrected chi connectivity index (χ2v) is 5.42. The Kier molecular flexibility index (Phi) is 7.06. The van der Waals surface area contributed by atoms with Crippen molar-refractivity contribution in [1.82, 2.24) is 5.32 Å². The molecule has 0 aromatic heterocycles. The molecule has 2 heteroatoms. The van der Waals surface area contributed by atoms with Crippen LogP contribution in [0.5, 0.6) is 0 Å². The lowest BCUT2D eigenvalue weighted by Gasteiger charge is -2.14. The standard InChI is InChI=1S/C14H29NO/c1-2-3-4-5-6-7-11-15-13-14(8-9-14)10-12-16/h15-16H,2-13H2,1H3. The maximum absolute atomic E-state index is 8.94. The van der Waals surface area contributed by atoms with Gasteiger partial charge in [0.15, 0.2) is 0 Å². The van der Waals surface area contributed by atoms with Gasteiger partial charge in [-0.15, -0.1) is 0 Å². The second-order valence-electron chi connectivity index (χ2n) is 5.42. The Morgan fingerprint density at radius 1 is 1.06 bits per heavy atom. The molecule has 0 bridgehead atoms. The van der Waals surface area contributed by atoms with Crippen LogP contribution in [0.15, 0.2) is 0 Å². The van der Waals surface area contributed by atoms with Crippen LogP contribution < -0.4 is 5.32 Å². The van der Waals surface area contributed by atoms with Gasteiger partial charge in [-0.2, -0.15) is 0 Å². The quantitative estimate of drug-likeness (QED) is 0.532. The molecule has 0 aromatic rings. The van der Waals surface area contributed by atoms with Gasteiger partial charge in [-0.05, 0) is 37.6 Å². The molecule has 0 atom stereocenters. The Morgan fingerprint density at radius 3 is 2.38 bits per heavy atom. The fourth-order valence-electron chi connectivity index (χ4n) is 2.31. The van der Waals surface area contributed by atoms with Crippen LogP contribution in [0.1, 0.15) is 64.7 Å². The largest absolute Gasteiger partial charge is 0.396 e. The fraction of sp³-hybridized carbons (Fsp3) is 1.00. The summed E-state index contributed by atoms with van der Waals surface area (Å²) in [5, 5.41) is 12.5. The Morgan fingerprint density at radius 2 is 1.75 bits per heavy atom. The molecule has 0 aromatic carbocycles. The van der Waals surface area contributed by atoms with Crippen molar-refractivity contribution in [3.05, 3.63) is 0 Å². The highest BCUT2D eigenvalue weighted by Crippen LogP contribution is 2.47. The van der Waals surface area contributed by atoms with Crippen LogP contribution in [0, 0.1) is 5.41 Å². The third-order valence-corrected chi connectivity index (χ3v) is 3.81. The van der Waals surface area contributed by atoms with Gasteiger partial charge >= 0.3 is 0 Å². The number of unbranched alkanes of at least 4 members (excludes halogenated alkanes) is 5. The summed E-state index contributed by atoms with van der Waals surface area (Å²) in [5.74, 6) is 0. The van der Waals surface area contributed by atoms with E-state index in [0.29, 0.717) is 12.0 Å². The van der Waals surface area contributed by atoms with Gasteiger partial charge in [0.05, 0.1) is 0 Å². The van der Waals surface area contributed by atoms with Crippen molar-refractivity contribution in [3.63, 3.8) is 0 Å². The molecule has 0 radical (unpaired) electrons. The molecule has 2 nitrogen and oxygen atoms in total. The van der Waals surface area contributed by atoms with Gasteiger partial charge in [-0.1, -0.05) is 39.0 Å². The lowest BCUT2D eigenvalue weighted by Crippen LogP contribution is -2.25. The summed E-state index contributed by atoms with van der Waals surface area (Å²) < 4.78 is 0. The lowest BCUT2D eigenvalue weighted by atomic mass is 10.0. The molecule has 0 unspecified atom stereocenters. The van der Waals surface area contributed by atoms with Crippen molar-refractivity contribution in [2.24, 2.45) is 5.41 Å². The first kappa shape index (κ1) is 14.0. The third-order valence-electron chi connectivity index (χ3n) is 3.81. The first-order valence-corrected chi connectivity index (χ1v) is 7.14. The van der Waals surface area contributed by atoms with Crippen molar-refractivity contribution in [2.45, 2.75) is 64.7 Å². The minimum atomic E-state index is 0.360. The lowest BCUT2D eigenvalue weighted by molar-refractivity contribution is 0.245. The second kappa shape index (κ2) is 8.08. The summed E-state index contributed by atoms with van der Waals surface area (Å²) in [4.78, 5) is 0. The van der Waals surface area contributed by atoms with E-state index in [2.05, 4.69) is 12.2 Å². The minimum absolute atomic E-state index is 0.360. The third kappa shape index (κ3) is 5.86. The Labute approximate surface area is 101 Å². The van der Waals surface area contributed by atoms with Gasteiger partial charge in [0.1, 0.15) is 0 Å². The Bertz CT molecular complexity index is 166. The molecule has 1 rings (SSSR count). The van der Waals surface area contributed by atoms with E-state index in [4.69, 9.17) is 5.11 Å². The average Bonchev–Trinajstić information content (AvgIpc) is 3.03. The summed E-state index contributed by atoms with van der Waals surface area (Å²) in [6.07, 6.45) is 11.9. The normalized spacial score (nSPS) is 17.6. The van der Waals surface area contributed by atoms with Gasteiger partial charge in [-0.3, -0.25) is 0 Å². The van der Waals surface area contributed by atoms with Gasteiger partial charge in [0, 0.05) is 13.2 Å². The van der Waals surface area contributed by atoms with E-state index < -0.39 is 0 Å². The summed E-state index contributed by atoms with van der Waals surface area (Å²) in [6.45, 7) is 4.91. The molecule has 1 aliphatic carbocycles. The van der Waals surface area contributed by atoms with Crippen molar-refractivity contribution in [3.8, 4) is 0 Å². The van der Waals surface area contributed by atoms with E-state index >= 15 is 0 Å². The highest BCUT2D eigenvalue weighted by Gasteiger charge is 2.40. The number of aliphatic hydroxyl groups excluding tert-OH is 1. The van der Waals surface area contributed by atoms with Crippen LogP contribution in [0.3, 0.4) is 0 Å². The Balaban J connectivity index is 1.81. The van der Waals surface area contributed by atoms with Crippen LogP contribution in [0.25, 0.3) is 0 Å². The molecule has 0 heterocycles. The molecule has 1 fully saturated rings. The number of aliphatic hydroxyl groups is 1. The zero-order valence-electron chi connectivity index (χ0n) is 10.9. The van der Waals surface area contributed by atoms with E-state index in [1.54, 1.807) is 0 Å². The van der Waals surface area contributed by atoms with Gasteiger partial charge in [0.25, 0.3) is 0 Å². The maximum atomic E-state index is 8.94. The minimum Gasteiger partial charge on any atom is -0.396 e. The molecule has 0 aliphatic heterocycles. The molecule has 2 N–H and O–H groups in total. The molecule has 96 valence electrons. The SMILES string of the molecule is CCCCCCCCNCC1(CCO)CC1. The van der Waals surface area contributed by atoms with E-state index in [9.17, 15) is 0 Å². The van der Waals surface area contributed by atoms with Crippen LogP contribution >= 0.6 is 0 Å². The molecule has 1 saturated carbocycles. The number of nitrogens with one attached hydrogen (secondary N) is 1. The van der Waals surface area contributed by atoms with E-state index in [1.165, 1.54) is 57.9 Å². The van der Waals surface area contributed by atoms with Crippen LogP contribution in [-0.2, 0) is 0 Å². The smallest absolute Gasteiger partial charge is 0.0436 e. The molecular weight excluding hydrogens is 198 g/mol. The molecule has 0 amide bonds. The van der Waals surface area contributed by atoms with E-state index in [1.807, 2.05) is 0 Å². The number of rotatable bonds is 11. The molecule has 16 heavy (non-hydrogen) atoms. The summed E-state index contributed by atoms with van der Waals surface area (Å²) in [5.41, 5.74) is 0.483. The van der Waals surface area contributed by atoms with E-state index in [0.717, 1.165) is 13.0 Å². The molecule has 1 aliphatic rings. The number of hydrogen-bond acceptors (Lipinski definition) is 2. The molecule has 0 saturated heterocycles.